The Hall–Kier alpha value is -0.850. The van der Waals surface area contributed by atoms with Crippen molar-refractivity contribution in [2.75, 3.05) is 13.6 Å². The third kappa shape index (κ3) is 5.45. The SMILES string of the molecule is CCCCCCNS(=O)(=O)c1cc(CNC)n(C(C)C)c1. The number of hydrogen-bond acceptors (Lipinski definition) is 3. The van der Waals surface area contributed by atoms with Crippen molar-refractivity contribution in [1.82, 2.24) is 14.6 Å². The third-order valence-electron chi connectivity index (χ3n) is 3.45. The Morgan fingerprint density at radius 3 is 2.52 bits per heavy atom. The number of aromatic nitrogens is 1. The normalized spacial score (nSPS) is 12.2. The molecular weight excluding hydrogens is 286 g/mol. The molecule has 1 rings (SSSR count). The van der Waals surface area contributed by atoms with E-state index >= 15 is 0 Å². The molecule has 0 radical (unpaired) electrons. The number of rotatable bonds is 10. The second-order valence-corrected chi connectivity index (χ2v) is 7.42. The van der Waals surface area contributed by atoms with Crippen LogP contribution in [0.2, 0.25) is 0 Å². The second kappa shape index (κ2) is 8.56. The molecule has 0 unspecified atom stereocenters. The van der Waals surface area contributed by atoms with E-state index in [1.54, 1.807) is 12.3 Å². The fraction of sp³-hybridized carbons (Fsp3) is 0.733. The van der Waals surface area contributed by atoms with Crippen LogP contribution in [0.15, 0.2) is 17.2 Å². The van der Waals surface area contributed by atoms with Crippen LogP contribution in [0.25, 0.3) is 0 Å². The molecule has 5 nitrogen and oxygen atoms in total. The number of hydrogen-bond donors (Lipinski definition) is 2. The molecule has 0 spiro atoms. The van der Waals surface area contributed by atoms with Crippen LogP contribution >= 0.6 is 0 Å². The minimum atomic E-state index is -3.40. The molecule has 1 heterocycles. The van der Waals surface area contributed by atoms with Gasteiger partial charge in [0.25, 0.3) is 0 Å². The molecule has 0 amide bonds. The maximum Gasteiger partial charge on any atom is 0.242 e. The summed E-state index contributed by atoms with van der Waals surface area (Å²) in [5.41, 5.74) is 0.985. The molecule has 21 heavy (non-hydrogen) atoms. The van der Waals surface area contributed by atoms with E-state index in [0.717, 1.165) is 31.4 Å². The third-order valence-corrected chi connectivity index (χ3v) is 4.88. The summed E-state index contributed by atoms with van der Waals surface area (Å²) in [4.78, 5) is 0.358. The van der Waals surface area contributed by atoms with Crippen LogP contribution in [0.1, 0.15) is 58.2 Å². The lowest BCUT2D eigenvalue weighted by atomic mass is 10.2. The van der Waals surface area contributed by atoms with Gasteiger partial charge in [-0.15, -0.1) is 0 Å². The highest BCUT2D eigenvalue weighted by Gasteiger charge is 2.18. The van der Waals surface area contributed by atoms with Gasteiger partial charge in [0.1, 0.15) is 0 Å². The van der Waals surface area contributed by atoms with Gasteiger partial charge in [0.2, 0.25) is 10.0 Å². The van der Waals surface area contributed by atoms with Crippen molar-refractivity contribution < 1.29 is 8.42 Å². The first-order valence-corrected chi connectivity index (χ1v) is 9.25. The molecule has 1 aromatic rings. The molecular formula is C15H29N3O2S. The molecule has 0 aromatic carbocycles. The van der Waals surface area contributed by atoms with Crippen molar-refractivity contribution in [2.45, 2.75) is 63.9 Å². The minimum Gasteiger partial charge on any atom is -0.346 e. The number of nitrogens with one attached hydrogen (secondary N) is 2. The standard InChI is InChI=1S/C15H29N3O2S/c1-5-6-7-8-9-17-21(19,20)15-10-14(11-16-4)18(12-15)13(2)3/h10,12-13,16-17H,5-9,11H2,1-4H3. The van der Waals surface area contributed by atoms with Crippen molar-refractivity contribution in [1.29, 1.82) is 0 Å². The van der Waals surface area contributed by atoms with Crippen LogP contribution in [0.3, 0.4) is 0 Å². The van der Waals surface area contributed by atoms with E-state index in [1.165, 1.54) is 0 Å². The van der Waals surface area contributed by atoms with Crippen LogP contribution in [0.5, 0.6) is 0 Å². The predicted octanol–water partition coefficient (Wildman–Crippen LogP) is 2.65. The molecule has 0 saturated heterocycles. The van der Waals surface area contributed by atoms with Gasteiger partial charge in [0, 0.05) is 31.0 Å². The summed E-state index contributed by atoms with van der Waals surface area (Å²) in [5.74, 6) is 0. The maximum absolute atomic E-state index is 12.3. The van der Waals surface area contributed by atoms with Crippen molar-refractivity contribution in [3.8, 4) is 0 Å². The lowest BCUT2D eigenvalue weighted by molar-refractivity contribution is 0.559. The number of sulfonamides is 1. The first kappa shape index (κ1) is 18.2. The topological polar surface area (TPSA) is 63.1 Å². The Balaban J connectivity index is 2.76. The van der Waals surface area contributed by atoms with Crippen LogP contribution in [-0.4, -0.2) is 26.6 Å². The molecule has 0 fully saturated rings. The molecule has 0 aliphatic rings. The highest BCUT2D eigenvalue weighted by molar-refractivity contribution is 7.89. The zero-order chi connectivity index (χ0) is 15.9. The average molecular weight is 315 g/mol. The first-order chi connectivity index (χ1) is 9.92. The highest BCUT2D eigenvalue weighted by Crippen LogP contribution is 2.19. The first-order valence-electron chi connectivity index (χ1n) is 7.77. The smallest absolute Gasteiger partial charge is 0.242 e. The molecule has 0 bridgehead atoms. The van der Waals surface area contributed by atoms with Gasteiger partial charge in [-0.05, 0) is 33.4 Å². The Bertz CT molecular complexity index is 521. The molecule has 6 heteroatoms. The summed E-state index contributed by atoms with van der Waals surface area (Å²) < 4.78 is 29.3. The van der Waals surface area contributed by atoms with E-state index < -0.39 is 10.0 Å². The molecule has 0 aliphatic heterocycles. The molecule has 1 aromatic heterocycles. The molecule has 2 N–H and O–H groups in total. The van der Waals surface area contributed by atoms with Crippen LogP contribution < -0.4 is 10.0 Å². The number of unbranched alkanes of at least 4 members (excludes halogenated alkanes) is 3. The molecule has 0 saturated carbocycles. The fourth-order valence-corrected chi connectivity index (χ4v) is 3.41. The van der Waals surface area contributed by atoms with Gasteiger partial charge < -0.3 is 9.88 Å². The largest absolute Gasteiger partial charge is 0.346 e. The van der Waals surface area contributed by atoms with Gasteiger partial charge in [0.05, 0.1) is 4.90 Å². The highest BCUT2D eigenvalue weighted by atomic mass is 32.2. The summed E-state index contributed by atoms with van der Waals surface area (Å²) in [6.45, 7) is 7.41. The van der Waals surface area contributed by atoms with E-state index in [4.69, 9.17) is 0 Å². The monoisotopic (exact) mass is 315 g/mol. The van der Waals surface area contributed by atoms with Gasteiger partial charge in [-0.25, -0.2) is 13.1 Å². The van der Waals surface area contributed by atoms with E-state index in [-0.39, 0.29) is 6.04 Å². The van der Waals surface area contributed by atoms with Crippen LogP contribution in [0.4, 0.5) is 0 Å². The van der Waals surface area contributed by atoms with E-state index in [0.29, 0.717) is 18.0 Å². The van der Waals surface area contributed by atoms with Gasteiger partial charge in [0.15, 0.2) is 0 Å². The molecule has 0 atom stereocenters. The van der Waals surface area contributed by atoms with Crippen molar-refractivity contribution >= 4 is 10.0 Å². The summed E-state index contributed by atoms with van der Waals surface area (Å²) in [6.07, 6.45) is 5.99. The van der Waals surface area contributed by atoms with Gasteiger partial charge in [-0.2, -0.15) is 0 Å². The fourth-order valence-electron chi connectivity index (χ4n) is 2.29. The average Bonchev–Trinajstić information content (AvgIpc) is 2.84. The Labute approximate surface area is 129 Å². The Morgan fingerprint density at radius 1 is 1.24 bits per heavy atom. The van der Waals surface area contributed by atoms with Crippen molar-refractivity contribution in [2.24, 2.45) is 0 Å². The summed E-state index contributed by atoms with van der Waals surface area (Å²) in [5, 5.41) is 3.07. The van der Waals surface area contributed by atoms with Gasteiger partial charge in [-0.3, -0.25) is 0 Å². The zero-order valence-electron chi connectivity index (χ0n) is 13.6. The van der Waals surface area contributed by atoms with Crippen molar-refractivity contribution in [3.05, 3.63) is 18.0 Å². The van der Waals surface area contributed by atoms with Crippen molar-refractivity contribution in [3.63, 3.8) is 0 Å². The molecule has 0 aliphatic carbocycles. The van der Waals surface area contributed by atoms with E-state index in [2.05, 4.69) is 17.0 Å². The zero-order valence-corrected chi connectivity index (χ0v) is 14.5. The minimum absolute atomic E-state index is 0.238. The molecule has 122 valence electrons. The quantitative estimate of drug-likeness (QED) is 0.653. The second-order valence-electron chi connectivity index (χ2n) is 5.66. The van der Waals surface area contributed by atoms with Gasteiger partial charge in [-0.1, -0.05) is 26.2 Å². The Kier molecular flexibility index (Phi) is 7.42. The summed E-state index contributed by atoms with van der Waals surface area (Å²) in [7, 11) is -1.54. The van der Waals surface area contributed by atoms with E-state index in [9.17, 15) is 8.42 Å². The number of nitrogens with zero attached hydrogens (tertiary/aromatic N) is 1. The Morgan fingerprint density at radius 2 is 1.95 bits per heavy atom. The van der Waals surface area contributed by atoms with Crippen LogP contribution in [0, 0.1) is 0 Å². The lowest BCUT2D eigenvalue weighted by Gasteiger charge is -2.12. The van der Waals surface area contributed by atoms with Crippen LogP contribution in [-0.2, 0) is 16.6 Å². The van der Waals surface area contributed by atoms with Gasteiger partial charge >= 0.3 is 0 Å². The summed E-state index contributed by atoms with van der Waals surface area (Å²) >= 11 is 0. The summed E-state index contributed by atoms with van der Waals surface area (Å²) in [6, 6.07) is 1.99. The predicted molar refractivity (Wildman–Crippen MR) is 86.9 cm³/mol. The van der Waals surface area contributed by atoms with E-state index in [1.807, 2.05) is 25.5 Å². The lowest BCUT2D eigenvalue weighted by Crippen LogP contribution is -2.24. The maximum atomic E-state index is 12.3.